The maximum absolute atomic E-state index is 11.8. The Kier molecular flexibility index (Phi) is 5.65. The molecule has 2 heterocycles. The first-order valence-electron chi connectivity index (χ1n) is 6.97. The first-order valence-corrected chi connectivity index (χ1v) is 6.97. The number of hydrogen-bond donors (Lipinski definition) is 2. The van der Waals surface area contributed by atoms with Crippen LogP contribution in [-0.4, -0.2) is 34.5 Å². The molecular weight excluding hydrogens is 282 g/mol. The zero-order chi connectivity index (χ0) is 15.8. The summed E-state index contributed by atoms with van der Waals surface area (Å²) in [6, 6.07) is 7.71. The van der Waals surface area contributed by atoms with Gasteiger partial charge in [-0.05, 0) is 19.1 Å². The summed E-state index contributed by atoms with van der Waals surface area (Å²) in [5.41, 5.74) is 1.63. The van der Waals surface area contributed by atoms with Gasteiger partial charge in [0.25, 0.3) is 0 Å². The number of aryl methyl sites for hydroxylation is 1. The smallest absolute Gasteiger partial charge is 0.318 e. The zero-order valence-electron chi connectivity index (χ0n) is 12.7. The number of pyridine rings is 1. The Labute approximate surface area is 129 Å². The molecule has 0 aliphatic rings. The Morgan fingerprint density at radius 3 is 2.91 bits per heavy atom. The van der Waals surface area contributed by atoms with Crippen LogP contribution >= 0.6 is 0 Å². The first kappa shape index (κ1) is 15.7. The molecule has 2 aromatic heterocycles. The number of rotatable bonds is 7. The average molecular weight is 301 g/mol. The maximum Gasteiger partial charge on any atom is 0.318 e. The topological polar surface area (TPSA) is 89.0 Å². The van der Waals surface area contributed by atoms with Crippen molar-refractivity contribution in [3.8, 4) is 6.01 Å². The molecule has 7 heteroatoms. The molecule has 0 unspecified atom stereocenters. The second kappa shape index (κ2) is 7.92. The summed E-state index contributed by atoms with van der Waals surface area (Å²) in [7, 11) is 1.52. The molecule has 2 rings (SSSR count). The first-order chi connectivity index (χ1) is 10.7. The van der Waals surface area contributed by atoms with E-state index in [-0.39, 0.29) is 5.91 Å². The van der Waals surface area contributed by atoms with Crippen LogP contribution in [0.15, 0.2) is 30.5 Å². The number of carbonyl (C=O) groups excluding carboxylic acids is 1. The van der Waals surface area contributed by atoms with Gasteiger partial charge in [0.05, 0.1) is 19.3 Å². The van der Waals surface area contributed by atoms with Gasteiger partial charge in [0.2, 0.25) is 5.91 Å². The predicted octanol–water partition coefficient (Wildman–Crippen LogP) is 1.31. The van der Waals surface area contributed by atoms with Crippen LogP contribution in [0.4, 0.5) is 5.82 Å². The molecule has 7 nitrogen and oxygen atoms in total. The van der Waals surface area contributed by atoms with Crippen LogP contribution in [0.2, 0.25) is 0 Å². The summed E-state index contributed by atoms with van der Waals surface area (Å²) in [5, 5.41) is 5.90. The van der Waals surface area contributed by atoms with E-state index < -0.39 is 0 Å². The SMILES string of the molecule is COc1nc(C)cc(NCCC(=O)NCc2ccccn2)n1. The van der Waals surface area contributed by atoms with E-state index in [1.165, 1.54) is 7.11 Å². The lowest BCUT2D eigenvalue weighted by Gasteiger charge is -2.08. The largest absolute Gasteiger partial charge is 0.467 e. The van der Waals surface area contributed by atoms with E-state index in [0.29, 0.717) is 31.3 Å². The average Bonchev–Trinajstić information content (AvgIpc) is 2.53. The molecule has 0 atom stereocenters. The summed E-state index contributed by atoms with van der Waals surface area (Å²) in [5.74, 6) is 0.595. The number of nitrogens with zero attached hydrogens (tertiary/aromatic N) is 3. The normalized spacial score (nSPS) is 10.1. The van der Waals surface area contributed by atoms with Gasteiger partial charge in [0, 0.05) is 30.9 Å². The van der Waals surface area contributed by atoms with Crippen LogP contribution in [-0.2, 0) is 11.3 Å². The number of aromatic nitrogens is 3. The summed E-state index contributed by atoms with van der Waals surface area (Å²) in [6.45, 7) is 2.77. The summed E-state index contributed by atoms with van der Waals surface area (Å²) in [4.78, 5) is 24.2. The van der Waals surface area contributed by atoms with Gasteiger partial charge in [-0.15, -0.1) is 0 Å². The van der Waals surface area contributed by atoms with Crippen LogP contribution in [0.5, 0.6) is 6.01 Å². The standard InChI is InChI=1S/C15H19N5O2/c1-11-9-13(20-15(19-11)22-2)17-8-6-14(21)18-10-12-5-3-4-7-16-12/h3-5,7,9H,6,8,10H2,1-2H3,(H,18,21)(H,17,19,20). The van der Waals surface area contributed by atoms with Crippen molar-refractivity contribution in [1.29, 1.82) is 0 Å². The molecule has 0 aliphatic carbocycles. The fraction of sp³-hybridized carbons (Fsp3) is 0.333. The Hall–Kier alpha value is -2.70. The minimum absolute atomic E-state index is 0.0455. The molecule has 0 radical (unpaired) electrons. The highest BCUT2D eigenvalue weighted by Gasteiger charge is 2.04. The van der Waals surface area contributed by atoms with Gasteiger partial charge in [-0.1, -0.05) is 6.07 Å². The zero-order valence-corrected chi connectivity index (χ0v) is 12.7. The van der Waals surface area contributed by atoms with E-state index in [1.54, 1.807) is 12.3 Å². The van der Waals surface area contributed by atoms with Crippen molar-refractivity contribution < 1.29 is 9.53 Å². The van der Waals surface area contributed by atoms with E-state index in [2.05, 4.69) is 25.6 Å². The molecule has 2 aromatic rings. The van der Waals surface area contributed by atoms with Crippen LogP contribution in [0, 0.1) is 6.92 Å². The van der Waals surface area contributed by atoms with E-state index in [4.69, 9.17) is 4.74 Å². The Morgan fingerprint density at radius 1 is 1.32 bits per heavy atom. The third kappa shape index (κ3) is 5.01. The van der Waals surface area contributed by atoms with Crippen molar-refractivity contribution in [1.82, 2.24) is 20.3 Å². The van der Waals surface area contributed by atoms with Crippen LogP contribution in [0.3, 0.4) is 0 Å². The highest BCUT2D eigenvalue weighted by Crippen LogP contribution is 2.10. The second-order valence-electron chi connectivity index (χ2n) is 4.66. The van der Waals surface area contributed by atoms with Crippen LogP contribution in [0.25, 0.3) is 0 Å². The number of anilines is 1. The van der Waals surface area contributed by atoms with E-state index >= 15 is 0 Å². The molecule has 0 aliphatic heterocycles. The molecule has 0 fully saturated rings. The minimum atomic E-state index is -0.0455. The van der Waals surface area contributed by atoms with Crippen molar-refractivity contribution in [3.63, 3.8) is 0 Å². The molecule has 2 N–H and O–H groups in total. The fourth-order valence-corrected chi connectivity index (χ4v) is 1.81. The molecule has 22 heavy (non-hydrogen) atoms. The van der Waals surface area contributed by atoms with Gasteiger partial charge in [-0.25, -0.2) is 4.98 Å². The van der Waals surface area contributed by atoms with Gasteiger partial charge in [0.15, 0.2) is 0 Å². The monoisotopic (exact) mass is 301 g/mol. The lowest BCUT2D eigenvalue weighted by atomic mass is 10.3. The van der Waals surface area contributed by atoms with Gasteiger partial charge < -0.3 is 15.4 Å². The van der Waals surface area contributed by atoms with Crippen molar-refractivity contribution in [2.75, 3.05) is 19.0 Å². The predicted molar refractivity (Wildman–Crippen MR) is 82.5 cm³/mol. The van der Waals surface area contributed by atoms with Gasteiger partial charge in [-0.3, -0.25) is 9.78 Å². The molecule has 0 bridgehead atoms. The number of amides is 1. The fourth-order valence-electron chi connectivity index (χ4n) is 1.81. The van der Waals surface area contributed by atoms with Gasteiger partial charge in [0.1, 0.15) is 5.82 Å². The number of methoxy groups -OCH3 is 1. The molecule has 0 saturated heterocycles. The van der Waals surface area contributed by atoms with Crippen molar-refractivity contribution in [2.45, 2.75) is 19.9 Å². The second-order valence-corrected chi connectivity index (χ2v) is 4.66. The maximum atomic E-state index is 11.8. The number of nitrogens with one attached hydrogen (secondary N) is 2. The van der Waals surface area contributed by atoms with E-state index in [1.807, 2.05) is 25.1 Å². The van der Waals surface area contributed by atoms with E-state index in [9.17, 15) is 4.79 Å². The molecular formula is C15H19N5O2. The number of carbonyl (C=O) groups is 1. The van der Waals surface area contributed by atoms with Crippen molar-refractivity contribution >= 4 is 11.7 Å². The lowest BCUT2D eigenvalue weighted by molar-refractivity contribution is -0.121. The summed E-state index contributed by atoms with van der Waals surface area (Å²) >= 11 is 0. The quantitative estimate of drug-likeness (QED) is 0.801. The van der Waals surface area contributed by atoms with Crippen LogP contribution < -0.4 is 15.4 Å². The molecule has 0 spiro atoms. The third-order valence-electron chi connectivity index (χ3n) is 2.87. The molecule has 116 valence electrons. The van der Waals surface area contributed by atoms with Crippen molar-refractivity contribution in [3.05, 3.63) is 41.9 Å². The van der Waals surface area contributed by atoms with Crippen LogP contribution in [0.1, 0.15) is 17.8 Å². The lowest BCUT2D eigenvalue weighted by Crippen LogP contribution is -2.25. The summed E-state index contributed by atoms with van der Waals surface area (Å²) < 4.78 is 5.00. The number of ether oxygens (including phenoxy) is 1. The van der Waals surface area contributed by atoms with Gasteiger partial charge in [-0.2, -0.15) is 4.98 Å². The summed E-state index contributed by atoms with van der Waals surface area (Å²) in [6.07, 6.45) is 2.05. The Balaban J connectivity index is 1.74. The highest BCUT2D eigenvalue weighted by atomic mass is 16.5. The Morgan fingerprint density at radius 2 is 2.18 bits per heavy atom. The molecule has 0 aromatic carbocycles. The van der Waals surface area contributed by atoms with E-state index in [0.717, 1.165) is 11.4 Å². The molecule has 1 amide bonds. The highest BCUT2D eigenvalue weighted by molar-refractivity contribution is 5.76. The Bertz CT molecular complexity index is 619. The molecule has 0 saturated carbocycles. The third-order valence-corrected chi connectivity index (χ3v) is 2.87. The van der Waals surface area contributed by atoms with Gasteiger partial charge >= 0.3 is 6.01 Å². The van der Waals surface area contributed by atoms with Crippen molar-refractivity contribution in [2.24, 2.45) is 0 Å². The number of hydrogen-bond acceptors (Lipinski definition) is 6. The minimum Gasteiger partial charge on any atom is -0.467 e.